The molecule has 2 heteroatoms. The standard InChI is InChI=1S/C9H16O2/c1-3-4-5-6-7-9(11)8(2)10/h6-7,9,11H,3-5H2,1-2H3/b7-6+. The third-order valence-corrected chi connectivity index (χ3v) is 1.46. The predicted molar refractivity (Wildman–Crippen MR) is 45.4 cm³/mol. The molecule has 0 heterocycles. The fraction of sp³-hybridized carbons (Fsp3) is 0.667. The molecular weight excluding hydrogens is 140 g/mol. The molecule has 1 atom stereocenters. The van der Waals surface area contributed by atoms with Crippen molar-refractivity contribution < 1.29 is 9.90 Å². The number of hydrogen-bond acceptors (Lipinski definition) is 2. The van der Waals surface area contributed by atoms with Crippen molar-refractivity contribution in [2.75, 3.05) is 0 Å². The number of Topliss-reactive ketones (excluding diaryl/α,β-unsaturated/α-hetero) is 1. The van der Waals surface area contributed by atoms with E-state index in [1.807, 2.05) is 6.08 Å². The SMILES string of the molecule is CCCC/C=C/C(O)C(C)=O. The smallest absolute Gasteiger partial charge is 0.162 e. The number of rotatable bonds is 5. The summed E-state index contributed by atoms with van der Waals surface area (Å²) in [4.78, 5) is 10.5. The number of hydrogen-bond donors (Lipinski definition) is 1. The van der Waals surface area contributed by atoms with Crippen LogP contribution in [0.25, 0.3) is 0 Å². The van der Waals surface area contributed by atoms with Crippen molar-refractivity contribution in [3.63, 3.8) is 0 Å². The highest BCUT2D eigenvalue weighted by Gasteiger charge is 2.02. The van der Waals surface area contributed by atoms with E-state index in [9.17, 15) is 4.79 Å². The summed E-state index contributed by atoms with van der Waals surface area (Å²) in [5.41, 5.74) is 0. The van der Waals surface area contributed by atoms with E-state index in [0.717, 1.165) is 19.3 Å². The minimum absolute atomic E-state index is 0.197. The molecule has 0 aromatic heterocycles. The fourth-order valence-electron chi connectivity index (χ4n) is 0.683. The Kier molecular flexibility index (Phi) is 5.75. The van der Waals surface area contributed by atoms with Crippen LogP contribution in [-0.4, -0.2) is 17.0 Å². The molecule has 0 aromatic carbocycles. The number of allylic oxidation sites excluding steroid dienone is 1. The lowest BCUT2D eigenvalue weighted by Gasteiger charge is -1.97. The van der Waals surface area contributed by atoms with Crippen LogP contribution in [0.15, 0.2) is 12.2 Å². The zero-order chi connectivity index (χ0) is 8.69. The molecule has 0 aliphatic carbocycles. The monoisotopic (exact) mass is 156 g/mol. The van der Waals surface area contributed by atoms with Crippen LogP contribution in [0.1, 0.15) is 33.1 Å². The molecular formula is C9H16O2. The Labute approximate surface area is 67.9 Å². The molecule has 64 valence electrons. The van der Waals surface area contributed by atoms with Crippen molar-refractivity contribution in [1.82, 2.24) is 0 Å². The van der Waals surface area contributed by atoms with E-state index < -0.39 is 6.10 Å². The second-order valence-electron chi connectivity index (χ2n) is 2.63. The molecule has 11 heavy (non-hydrogen) atoms. The molecule has 0 spiro atoms. The van der Waals surface area contributed by atoms with Gasteiger partial charge in [-0.1, -0.05) is 31.9 Å². The Morgan fingerprint density at radius 3 is 2.73 bits per heavy atom. The molecule has 0 bridgehead atoms. The van der Waals surface area contributed by atoms with E-state index >= 15 is 0 Å². The first-order chi connectivity index (χ1) is 5.18. The Hall–Kier alpha value is -0.630. The van der Waals surface area contributed by atoms with Crippen molar-refractivity contribution >= 4 is 5.78 Å². The Balaban J connectivity index is 3.48. The molecule has 0 aliphatic rings. The number of carbonyl (C=O) groups excluding carboxylic acids is 1. The summed E-state index contributed by atoms with van der Waals surface area (Å²) in [6.07, 6.45) is 5.71. The maximum absolute atomic E-state index is 10.5. The number of carbonyl (C=O) groups is 1. The van der Waals surface area contributed by atoms with Gasteiger partial charge in [-0.2, -0.15) is 0 Å². The second-order valence-corrected chi connectivity index (χ2v) is 2.63. The summed E-state index contributed by atoms with van der Waals surface area (Å²) in [6, 6.07) is 0. The van der Waals surface area contributed by atoms with E-state index in [4.69, 9.17) is 5.11 Å². The van der Waals surface area contributed by atoms with Gasteiger partial charge in [0.15, 0.2) is 5.78 Å². The largest absolute Gasteiger partial charge is 0.381 e. The average molecular weight is 156 g/mol. The summed E-state index contributed by atoms with van der Waals surface area (Å²) in [6.45, 7) is 3.49. The van der Waals surface area contributed by atoms with Gasteiger partial charge in [0, 0.05) is 0 Å². The Morgan fingerprint density at radius 2 is 2.27 bits per heavy atom. The zero-order valence-electron chi connectivity index (χ0n) is 7.21. The van der Waals surface area contributed by atoms with Gasteiger partial charge in [0.25, 0.3) is 0 Å². The van der Waals surface area contributed by atoms with Gasteiger partial charge in [0.2, 0.25) is 0 Å². The van der Waals surface area contributed by atoms with Gasteiger partial charge in [-0.25, -0.2) is 0 Å². The van der Waals surface area contributed by atoms with Gasteiger partial charge in [-0.05, 0) is 13.3 Å². The van der Waals surface area contributed by atoms with Crippen LogP contribution >= 0.6 is 0 Å². The van der Waals surface area contributed by atoms with Crippen molar-refractivity contribution in [1.29, 1.82) is 0 Å². The molecule has 0 saturated heterocycles. The summed E-state index contributed by atoms with van der Waals surface area (Å²) in [5, 5.41) is 8.99. The molecule has 0 rings (SSSR count). The highest BCUT2D eigenvalue weighted by Crippen LogP contribution is 1.96. The molecule has 0 amide bonds. The maximum atomic E-state index is 10.5. The van der Waals surface area contributed by atoms with Gasteiger partial charge in [-0.3, -0.25) is 4.79 Å². The van der Waals surface area contributed by atoms with E-state index in [2.05, 4.69) is 6.92 Å². The molecule has 1 unspecified atom stereocenters. The van der Waals surface area contributed by atoms with Crippen LogP contribution in [0.3, 0.4) is 0 Å². The third-order valence-electron chi connectivity index (χ3n) is 1.46. The number of ketones is 1. The summed E-state index contributed by atoms with van der Waals surface area (Å²) in [7, 11) is 0. The molecule has 0 aromatic rings. The molecule has 2 nitrogen and oxygen atoms in total. The van der Waals surface area contributed by atoms with Gasteiger partial charge in [-0.15, -0.1) is 0 Å². The zero-order valence-corrected chi connectivity index (χ0v) is 7.21. The van der Waals surface area contributed by atoms with Crippen LogP contribution in [0.5, 0.6) is 0 Å². The maximum Gasteiger partial charge on any atom is 0.162 e. The van der Waals surface area contributed by atoms with Crippen LogP contribution in [0.4, 0.5) is 0 Å². The highest BCUT2D eigenvalue weighted by atomic mass is 16.3. The topological polar surface area (TPSA) is 37.3 Å². The molecule has 0 radical (unpaired) electrons. The Morgan fingerprint density at radius 1 is 1.64 bits per heavy atom. The first kappa shape index (κ1) is 10.4. The van der Waals surface area contributed by atoms with Crippen LogP contribution in [-0.2, 0) is 4.79 Å². The van der Waals surface area contributed by atoms with Gasteiger partial charge in [0.1, 0.15) is 6.10 Å². The number of unbranched alkanes of at least 4 members (excludes halogenated alkanes) is 2. The van der Waals surface area contributed by atoms with Crippen LogP contribution in [0, 0.1) is 0 Å². The first-order valence-corrected chi connectivity index (χ1v) is 4.03. The molecule has 0 saturated carbocycles. The molecule has 0 fully saturated rings. The van der Waals surface area contributed by atoms with Crippen LogP contribution in [0.2, 0.25) is 0 Å². The number of aliphatic hydroxyl groups excluding tert-OH is 1. The van der Waals surface area contributed by atoms with Gasteiger partial charge in [0.05, 0.1) is 0 Å². The first-order valence-electron chi connectivity index (χ1n) is 4.03. The average Bonchev–Trinajstić information content (AvgIpc) is 1.97. The summed E-state index contributed by atoms with van der Waals surface area (Å²) < 4.78 is 0. The summed E-state index contributed by atoms with van der Waals surface area (Å²) >= 11 is 0. The van der Waals surface area contributed by atoms with Crippen molar-refractivity contribution in [3.05, 3.63) is 12.2 Å². The van der Waals surface area contributed by atoms with Gasteiger partial charge >= 0.3 is 0 Å². The van der Waals surface area contributed by atoms with E-state index in [0.29, 0.717) is 0 Å². The minimum Gasteiger partial charge on any atom is -0.381 e. The van der Waals surface area contributed by atoms with E-state index in [-0.39, 0.29) is 5.78 Å². The number of aliphatic hydroxyl groups is 1. The third kappa shape index (κ3) is 5.80. The highest BCUT2D eigenvalue weighted by molar-refractivity contribution is 5.81. The van der Waals surface area contributed by atoms with Crippen molar-refractivity contribution in [2.24, 2.45) is 0 Å². The minimum atomic E-state index is -0.896. The molecule has 0 aliphatic heterocycles. The fourth-order valence-corrected chi connectivity index (χ4v) is 0.683. The lowest BCUT2D eigenvalue weighted by Crippen LogP contribution is -2.12. The normalized spacial score (nSPS) is 13.7. The van der Waals surface area contributed by atoms with Crippen molar-refractivity contribution in [3.8, 4) is 0 Å². The lowest BCUT2D eigenvalue weighted by atomic mass is 10.2. The van der Waals surface area contributed by atoms with E-state index in [1.54, 1.807) is 6.08 Å². The lowest BCUT2D eigenvalue weighted by molar-refractivity contribution is -0.122. The van der Waals surface area contributed by atoms with Gasteiger partial charge < -0.3 is 5.11 Å². The second kappa shape index (κ2) is 6.10. The Bertz CT molecular complexity index is 138. The summed E-state index contributed by atoms with van der Waals surface area (Å²) in [5.74, 6) is -0.197. The predicted octanol–water partition coefficient (Wildman–Crippen LogP) is 1.68. The van der Waals surface area contributed by atoms with Crippen molar-refractivity contribution in [2.45, 2.75) is 39.2 Å². The molecule has 1 N–H and O–H groups in total. The van der Waals surface area contributed by atoms with Crippen LogP contribution < -0.4 is 0 Å². The van der Waals surface area contributed by atoms with E-state index in [1.165, 1.54) is 6.92 Å². The quantitative estimate of drug-likeness (QED) is 0.485.